The summed E-state index contributed by atoms with van der Waals surface area (Å²) in [5.41, 5.74) is 5.77. The molecule has 4 N–H and O–H groups in total. The predicted octanol–water partition coefficient (Wildman–Crippen LogP) is 1.34. The summed E-state index contributed by atoms with van der Waals surface area (Å²) in [5.74, 6) is -0.539. The lowest BCUT2D eigenvalue weighted by Gasteiger charge is -2.23. The van der Waals surface area contributed by atoms with Crippen molar-refractivity contribution in [2.45, 2.75) is 25.4 Å². The van der Waals surface area contributed by atoms with E-state index in [1.165, 1.54) is 18.7 Å². The van der Waals surface area contributed by atoms with Crippen molar-refractivity contribution in [2.75, 3.05) is 24.2 Å². The Morgan fingerprint density at radius 1 is 1.61 bits per heavy atom. The molecule has 2 rings (SSSR count). The Morgan fingerprint density at radius 2 is 2.44 bits per heavy atom. The molecule has 1 aliphatic rings. The summed E-state index contributed by atoms with van der Waals surface area (Å²) in [6.07, 6.45) is 4.83. The maximum Gasteiger partial charge on any atom is 0.337 e. The van der Waals surface area contributed by atoms with Crippen LogP contribution in [0.1, 0.15) is 29.6 Å². The van der Waals surface area contributed by atoms with Gasteiger partial charge >= 0.3 is 5.97 Å². The first kappa shape index (κ1) is 12.6. The topological polar surface area (TPSA) is 97.5 Å². The molecule has 18 heavy (non-hydrogen) atoms. The van der Waals surface area contributed by atoms with Crippen molar-refractivity contribution in [3.8, 4) is 0 Å². The van der Waals surface area contributed by atoms with Gasteiger partial charge in [-0.25, -0.2) is 9.78 Å². The number of ether oxygens (including phenoxy) is 1. The van der Waals surface area contributed by atoms with E-state index in [0.29, 0.717) is 12.4 Å². The maximum atomic E-state index is 10.9. The zero-order valence-electron chi connectivity index (χ0n) is 10.1. The van der Waals surface area contributed by atoms with E-state index in [0.717, 1.165) is 19.4 Å². The highest BCUT2D eigenvalue weighted by Crippen LogP contribution is 2.16. The predicted molar refractivity (Wildman–Crippen MR) is 67.7 cm³/mol. The summed E-state index contributed by atoms with van der Waals surface area (Å²) >= 11 is 0. The van der Waals surface area contributed by atoms with E-state index < -0.39 is 5.97 Å². The molecule has 2 heterocycles. The largest absolute Gasteiger partial charge is 0.478 e. The van der Waals surface area contributed by atoms with E-state index in [9.17, 15) is 4.79 Å². The van der Waals surface area contributed by atoms with E-state index in [1.54, 1.807) is 0 Å². The van der Waals surface area contributed by atoms with E-state index in [-0.39, 0.29) is 17.4 Å². The Labute approximate surface area is 105 Å². The van der Waals surface area contributed by atoms with Crippen molar-refractivity contribution in [2.24, 2.45) is 0 Å². The van der Waals surface area contributed by atoms with Crippen LogP contribution in [0.2, 0.25) is 0 Å². The van der Waals surface area contributed by atoms with Crippen molar-refractivity contribution >= 4 is 17.5 Å². The molecular weight excluding hydrogens is 234 g/mol. The van der Waals surface area contributed by atoms with E-state index in [2.05, 4.69) is 10.3 Å². The zero-order chi connectivity index (χ0) is 13.0. The Hall–Kier alpha value is -1.82. The van der Waals surface area contributed by atoms with Crippen LogP contribution in [-0.2, 0) is 4.74 Å². The van der Waals surface area contributed by atoms with Gasteiger partial charge in [0.05, 0.1) is 23.6 Å². The first-order valence-corrected chi connectivity index (χ1v) is 6.01. The van der Waals surface area contributed by atoms with Gasteiger partial charge < -0.3 is 20.9 Å². The number of nitrogens with one attached hydrogen (secondary N) is 1. The second-order valence-corrected chi connectivity index (χ2v) is 4.33. The van der Waals surface area contributed by atoms with Crippen LogP contribution in [0, 0.1) is 0 Å². The first-order chi connectivity index (χ1) is 8.66. The molecule has 1 aliphatic heterocycles. The molecule has 0 saturated carbocycles. The van der Waals surface area contributed by atoms with Gasteiger partial charge in [-0.1, -0.05) is 0 Å². The van der Waals surface area contributed by atoms with Gasteiger partial charge in [-0.05, 0) is 25.3 Å². The monoisotopic (exact) mass is 251 g/mol. The Bertz CT molecular complexity index is 431. The molecule has 0 aromatic carbocycles. The number of pyridine rings is 1. The van der Waals surface area contributed by atoms with Crippen molar-refractivity contribution in [3.63, 3.8) is 0 Å². The molecule has 1 aromatic rings. The second kappa shape index (κ2) is 5.68. The molecule has 98 valence electrons. The molecule has 0 amide bonds. The van der Waals surface area contributed by atoms with Gasteiger partial charge in [-0.2, -0.15) is 0 Å². The van der Waals surface area contributed by atoms with Gasteiger partial charge in [0.2, 0.25) is 0 Å². The molecule has 0 bridgehead atoms. The van der Waals surface area contributed by atoms with Crippen LogP contribution >= 0.6 is 0 Å². The summed E-state index contributed by atoms with van der Waals surface area (Å²) in [6, 6.07) is 1.44. The normalized spacial score (nSPS) is 19.4. The van der Waals surface area contributed by atoms with Crippen LogP contribution in [0.15, 0.2) is 12.3 Å². The van der Waals surface area contributed by atoms with Gasteiger partial charge in [0.1, 0.15) is 5.82 Å². The summed E-state index contributed by atoms with van der Waals surface area (Å²) in [5, 5.41) is 12.0. The number of anilines is 2. The SMILES string of the molecule is Nc1cnc(NCC2CCCCO2)cc1C(=O)O. The number of hydrogen-bond acceptors (Lipinski definition) is 5. The maximum absolute atomic E-state index is 10.9. The third kappa shape index (κ3) is 3.10. The van der Waals surface area contributed by atoms with E-state index in [1.807, 2.05) is 0 Å². The number of carboxylic acids is 1. The molecule has 0 radical (unpaired) electrons. The molecule has 1 saturated heterocycles. The Kier molecular flexibility index (Phi) is 3.99. The molecule has 1 unspecified atom stereocenters. The minimum absolute atomic E-state index is 0.0667. The summed E-state index contributed by atoms with van der Waals surface area (Å²) < 4.78 is 5.57. The third-order valence-corrected chi connectivity index (χ3v) is 2.95. The number of nitrogens with zero attached hydrogens (tertiary/aromatic N) is 1. The number of carbonyl (C=O) groups is 1. The highest BCUT2D eigenvalue weighted by atomic mass is 16.5. The number of aromatic nitrogens is 1. The van der Waals surface area contributed by atoms with Gasteiger partial charge in [0.25, 0.3) is 0 Å². The summed E-state index contributed by atoms with van der Waals surface area (Å²) in [4.78, 5) is 15.0. The van der Waals surface area contributed by atoms with Crippen molar-refractivity contribution in [3.05, 3.63) is 17.8 Å². The van der Waals surface area contributed by atoms with Crippen molar-refractivity contribution < 1.29 is 14.6 Å². The van der Waals surface area contributed by atoms with Gasteiger partial charge in [-0.15, -0.1) is 0 Å². The molecule has 1 atom stereocenters. The fraction of sp³-hybridized carbons (Fsp3) is 0.500. The van der Waals surface area contributed by atoms with E-state index >= 15 is 0 Å². The highest BCUT2D eigenvalue weighted by Gasteiger charge is 2.14. The molecule has 6 heteroatoms. The van der Waals surface area contributed by atoms with Gasteiger partial charge in [0, 0.05) is 13.2 Å². The standard InChI is InChI=1S/C12H17N3O3/c13-10-7-15-11(5-9(10)12(16)17)14-6-8-3-1-2-4-18-8/h5,7-8H,1-4,6,13H2,(H,14,15)(H,16,17). The van der Waals surface area contributed by atoms with E-state index in [4.69, 9.17) is 15.6 Å². The number of hydrogen-bond donors (Lipinski definition) is 3. The first-order valence-electron chi connectivity index (χ1n) is 6.01. The fourth-order valence-corrected chi connectivity index (χ4v) is 1.93. The van der Waals surface area contributed by atoms with Gasteiger partial charge in [-0.3, -0.25) is 0 Å². The van der Waals surface area contributed by atoms with Crippen LogP contribution in [0.25, 0.3) is 0 Å². The minimum atomic E-state index is -1.05. The van der Waals surface area contributed by atoms with Crippen LogP contribution in [-0.4, -0.2) is 35.3 Å². The van der Waals surface area contributed by atoms with Crippen LogP contribution in [0.5, 0.6) is 0 Å². The number of nitrogen functional groups attached to an aromatic ring is 1. The average molecular weight is 251 g/mol. The smallest absolute Gasteiger partial charge is 0.337 e. The number of nitrogens with two attached hydrogens (primary N) is 1. The number of carboxylic acid groups (broad SMARTS) is 1. The Balaban J connectivity index is 1.96. The second-order valence-electron chi connectivity index (χ2n) is 4.33. The van der Waals surface area contributed by atoms with Crippen LogP contribution in [0.3, 0.4) is 0 Å². The lowest BCUT2D eigenvalue weighted by atomic mass is 10.1. The minimum Gasteiger partial charge on any atom is -0.478 e. The van der Waals surface area contributed by atoms with Crippen LogP contribution in [0.4, 0.5) is 11.5 Å². The molecule has 0 spiro atoms. The molecule has 0 aliphatic carbocycles. The zero-order valence-corrected chi connectivity index (χ0v) is 10.1. The fourth-order valence-electron chi connectivity index (χ4n) is 1.93. The molecule has 6 nitrogen and oxygen atoms in total. The molecular formula is C12H17N3O3. The number of aromatic carboxylic acids is 1. The van der Waals surface area contributed by atoms with Gasteiger partial charge in [0.15, 0.2) is 0 Å². The summed E-state index contributed by atoms with van der Waals surface area (Å²) in [7, 11) is 0. The third-order valence-electron chi connectivity index (χ3n) is 2.95. The quantitative estimate of drug-likeness (QED) is 0.747. The average Bonchev–Trinajstić information content (AvgIpc) is 2.38. The number of rotatable bonds is 4. The molecule has 1 aromatic heterocycles. The van der Waals surface area contributed by atoms with Crippen LogP contribution < -0.4 is 11.1 Å². The Morgan fingerprint density at radius 3 is 3.11 bits per heavy atom. The molecule has 1 fully saturated rings. The van der Waals surface area contributed by atoms with Crippen molar-refractivity contribution in [1.82, 2.24) is 4.98 Å². The lowest BCUT2D eigenvalue weighted by Crippen LogP contribution is -2.27. The van der Waals surface area contributed by atoms with Crippen molar-refractivity contribution in [1.29, 1.82) is 0 Å². The highest BCUT2D eigenvalue weighted by molar-refractivity contribution is 5.94. The lowest BCUT2D eigenvalue weighted by molar-refractivity contribution is 0.0247. The summed E-state index contributed by atoms with van der Waals surface area (Å²) in [6.45, 7) is 1.43.